The van der Waals surface area contributed by atoms with E-state index in [9.17, 15) is 0 Å². The van der Waals surface area contributed by atoms with Gasteiger partial charge in [-0.25, -0.2) is 4.98 Å². The number of nitrogen functional groups attached to an aromatic ring is 1. The van der Waals surface area contributed by atoms with E-state index in [1.807, 2.05) is 13.0 Å². The van der Waals surface area contributed by atoms with Gasteiger partial charge in [0.15, 0.2) is 5.82 Å². The number of aromatic nitrogens is 3. The zero-order valence-electron chi connectivity index (χ0n) is 8.88. The van der Waals surface area contributed by atoms with E-state index in [4.69, 9.17) is 10.3 Å². The van der Waals surface area contributed by atoms with E-state index in [1.54, 1.807) is 24.0 Å². The van der Waals surface area contributed by atoms with Crippen LogP contribution in [0, 0.1) is 0 Å². The molecule has 0 radical (unpaired) electrons. The molecule has 2 aromatic rings. The number of nitrogens with zero attached hydrogens (tertiary/aromatic N) is 3. The van der Waals surface area contributed by atoms with E-state index in [0.717, 1.165) is 17.1 Å². The molecule has 0 atom stereocenters. The normalized spacial score (nSPS) is 10.6. The topological polar surface area (TPSA) is 77.8 Å². The first-order valence-electron chi connectivity index (χ1n) is 4.93. The highest BCUT2D eigenvalue weighted by Crippen LogP contribution is 2.21. The minimum Gasteiger partial charge on any atom is -0.384 e. The molecule has 84 valence electrons. The zero-order chi connectivity index (χ0) is 11.4. The highest BCUT2D eigenvalue weighted by molar-refractivity contribution is 7.98. The number of hydrogen-bond donors (Lipinski definition) is 1. The van der Waals surface area contributed by atoms with Crippen molar-refractivity contribution in [2.45, 2.75) is 24.0 Å². The first kappa shape index (κ1) is 10.9. The molecule has 2 N–H and O–H groups in total. The van der Waals surface area contributed by atoms with Crippen LogP contribution in [-0.4, -0.2) is 15.1 Å². The van der Waals surface area contributed by atoms with E-state index in [2.05, 4.69) is 15.1 Å². The van der Waals surface area contributed by atoms with Gasteiger partial charge in [-0.3, -0.25) is 0 Å². The van der Waals surface area contributed by atoms with E-state index in [1.165, 1.54) is 0 Å². The van der Waals surface area contributed by atoms with Crippen LogP contribution in [-0.2, 0) is 12.2 Å². The van der Waals surface area contributed by atoms with E-state index in [-0.39, 0.29) is 0 Å². The maximum atomic E-state index is 5.49. The average molecular weight is 236 g/mol. The number of aryl methyl sites for hydroxylation is 1. The van der Waals surface area contributed by atoms with Crippen molar-refractivity contribution in [3.8, 4) is 0 Å². The third-order valence-corrected chi connectivity index (χ3v) is 2.91. The third-order valence-electron chi connectivity index (χ3n) is 1.95. The lowest BCUT2D eigenvalue weighted by atomic mass is 10.5. The van der Waals surface area contributed by atoms with Crippen LogP contribution in [0.4, 0.5) is 5.82 Å². The average Bonchev–Trinajstić information content (AvgIpc) is 2.76. The smallest absolute Gasteiger partial charge is 0.237 e. The predicted molar refractivity (Wildman–Crippen MR) is 61.9 cm³/mol. The minimum absolute atomic E-state index is 0.524. The molecule has 0 fully saturated rings. The molecule has 0 amide bonds. The van der Waals surface area contributed by atoms with Gasteiger partial charge in [0.2, 0.25) is 5.89 Å². The van der Waals surface area contributed by atoms with Crippen LogP contribution in [0.25, 0.3) is 0 Å². The van der Waals surface area contributed by atoms with Crippen LogP contribution >= 0.6 is 11.8 Å². The summed E-state index contributed by atoms with van der Waals surface area (Å²) in [4.78, 5) is 9.25. The van der Waals surface area contributed by atoms with Crippen molar-refractivity contribution in [2.24, 2.45) is 0 Å². The van der Waals surface area contributed by atoms with Crippen molar-refractivity contribution in [3.63, 3.8) is 0 Å². The second-order valence-electron chi connectivity index (χ2n) is 3.17. The van der Waals surface area contributed by atoms with Gasteiger partial charge in [-0.1, -0.05) is 12.1 Å². The van der Waals surface area contributed by atoms with Gasteiger partial charge in [-0.05, 0) is 12.1 Å². The molecule has 0 bridgehead atoms. The molecule has 0 saturated carbocycles. The minimum atomic E-state index is 0.524. The first-order valence-corrected chi connectivity index (χ1v) is 5.92. The summed E-state index contributed by atoms with van der Waals surface area (Å²) in [7, 11) is 0. The number of pyridine rings is 1. The van der Waals surface area contributed by atoms with Crippen LogP contribution in [0.1, 0.15) is 18.6 Å². The summed E-state index contributed by atoms with van der Waals surface area (Å²) in [6, 6.07) is 3.69. The molecule has 0 saturated heterocycles. The summed E-state index contributed by atoms with van der Waals surface area (Å²) in [5, 5.41) is 3.83. The maximum absolute atomic E-state index is 5.49. The Balaban J connectivity index is 1.94. The number of nitrogens with two attached hydrogens (primary N) is 1. The molecule has 2 heterocycles. The van der Waals surface area contributed by atoms with Gasteiger partial charge in [-0.15, -0.1) is 11.8 Å². The summed E-state index contributed by atoms with van der Waals surface area (Å²) in [6.45, 7) is 1.99. The Hall–Kier alpha value is -1.56. The second kappa shape index (κ2) is 4.98. The first-order chi connectivity index (χ1) is 7.78. The molecule has 0 spiro atoms. The molecule has 2 aromatic heterocycles. The van der Waals surface area contributed by atoms with Crippen molar-refractivity contribution in [1.82, 2.24) is 15.1 Å². The monoisotopic (exact) mass is 236 g/mol. The van der Waals surface area contributed by atoms with Crippen LogP contribution in [0.5, 0.6) is 0 Å². The Morgan fingerprint density at radius 3 is 2.94 bits per heavy atom. The van der Waals surface area contributed by atoms with Gasteiger partial charge in [-0.2, -0.15) is 4.98 Å². The quantitative estimate of drug-likeness (QED) is 0.817. The molecule has 0 aliphatic heterocycles. The summed E-state index contributed by atoms with van der Waals surface area (Å²) >= 11 is 1.59. The van der Waals surface area contributed by atoms with E-state index < -0.39 is 0 Å². The summed E-state index contributed by atoms with van der Waals surface area (Å²) < 4.78 is 5.07. The van der Waals surface area contributed by atoms with Gasteiger partial charge in [0.25, 0.3) is 0 Å². The van der Waals surface area contributed by atoms with Crippen molar-refractivity contribution in [2.75, 3.05) is 5.73 Å². The van der Waals surface area contributed by atoms with Crippen molar-refractivity contribution in [3.05, 3.63) is 30.0 Å². The van der Waals surface area contributed by atoms with Crippen molar-refractivity contribution in [1.29, 1.82) is 0 Å². The van der Waals surface area contributed by atoms with Crippen LogP contribution in [0.15, 0.2) is 27.7 Å². The van der Waals surface area contributed by atoms with Crippen molar-refractivity contribution >= 4 is 17.6 Å². The molecule has 0 aromatic carbocycles. The van der Waals surface area contributed by atoms with E-state index in [0.29, 0.717) is 17.5 Å². The Bertz CT molecular complexity index is 454. The van der Waals surface area contributed by atoms with E-state index >= 15 is 0 Å². The fourth-order valence-electron chi connectivity index (χ4n) is 1.11. The molecule has 0 aliphatic carbocycles. The van der Waals surface area contributed by atoms with Crippen LogP contribution < -0.4 is 5.73 Å². The number of hydrogen-bond acceptors (Lipinski definition) is 6. The number of thioether (sulfide) groups is 1. The second-order valence-corrected chi connectivity index (χ2v) is 4.21. The van der Waals surface area contributed by atoms with Gasteiger partial charge < -0.3 is 10.3 Å². The van der Waals surface area contributed by atoms with Gasteiger partial charge >= 0.3 is 0 Å². The fourth-order valence-corrected chi connectivity index (χ4v) is 1.81. The zero-order valence-corrected chi connectivity index (χ0v) is 9.70. The van der Waals surface area contributed by atoms with Crippen molar-refractivity contribution < 1.29 is 4.52 Å². The predicted octanol–water partition coefficient (Wildman–Crippen LogP) is 1.90. The molecular formula is C10H12N4OS. The number of rotatable bonds is 4. The maximum Gasteiger partial charge on any atom is 0.237 e. The summed E-state index contributed by atoms with van der Waals surface area (Å²) in [5.41, 5.74) is 5.49. The summed E-state index contributed by atoms with van der Waals surface area (Å²) in [6.07, 6.45) is 2.52. The molecule has 2 rings (SSSR count). The highest BCUT2D eigenvalue weighted by atomic mass is 32.2. The Morgan fingerprint density at radius 2 is 2.31 bits per heavy atom. The molecule has 0 unspecified atom stereocenters. The van der Waals surface area contributed by atoms with Crippen LogP contribution in [0.2, 0.25) is 0 Å². The summed E-state index contributed by atoms with van der Waals surface area (Å²) in [5.74, 6) is 2.55. The van der Waals surface area contributed by atoms with Gasteiger partial charge in [0.05, 0.1) is 5.75 Å². The largest absolute Gasteiger partial charge is 0.384 e. The lowest BCUT2D eigenvalue weighted by Crippen LogP contribution is -1.88. The number of anilines is 1. The highest BCUT2D eigenvalue weighted by Gasteiger charge is 2.05. The lowest BCUT2D eigenvalue weighted by molar-refractivity contribution is 0.385. The fraction of sp³-hybridized carbons (Fsp3) is 0.300. The van der Waals surface area contributed by atoms with Gasteiger partial charge in [0.1, 0.15) is 5.82 Å². The van der Waals surface area contributed by atoms with Crippen LogP contribution in [0.3, 0.4) is 0 Å². The Kier molecular flexibility index (Phi) is 3.40. The third kappa shape index (κ3) is 2.73. The molecule has 16 heavy (non-hydrogen) atoms. The SMILES string of the molecule is CCc1noc(CSc2ccc(N)nc2)n1. The Labute approximate surface area is 97.5 Å². The molecular weight excluding hydrogens is 224 g/mol. The molecule has 5 nitrogen and oxygen atoms in total. The van der Waals surface area contributed by atoms with Gasteiger partial charge in [0, 0.05) is 17.5 Å². The Morgan fingerprint density at radius 1 is 1.44 bits per heavy atom. The molecule has 0 aliphatic rings. The molecule has 6 heteroatoms. The lowest BCUT2D eigenvalue weighted by Gasteiger charge is -1.97. The standard InChI is InChI=1S/C10H12N4OS/c1-2-9-13-10(15-14-9)6-16-7-3-4-8(11)12-5-7/h3-5H,2,6H2,1H3,(H2,11,12).